The number of piperidine rings is 1. The zero-order valence-electron chi connectivity index (χ0n) is 17.1. The quantitative estimate of drug-likeness (QED) is 0.783. The van der Waals surface area contributed by atoms with Gasteiger partial charge in [-0.2, -0.15) is 0 Å². The number of anilines is 2. The average molecular weight is 397 g/mol. The summed E-state index contributed by atoms with van der Waals surface area (Å²) >= 11 is 0. The van der Waals surface area contributed by atoms with Gasteiger partial charge in [-0.25, -0.2) is 9.18 Å². The molecule has 1 aliphatic carbocycles. The Morgan fingerprint density at radius 3 is 2.41 bits per heavy atom. The van der Waals surface area contributed by atoms with Crippen LogP contribution < -0.4 is 10.6 Å². The third-order valence-electron chi connectivity index (χ3n) is 5.64. The van der Waals surface area contributed by atoms with E-state index in [-0.39, 0.29) is 18.0 Å². The molecule has 1 heterocycles. The first-order valence-corrected chi connectivity index (χ1v) is 10.1. The smallest absolute Gasteiger partial charge is 0.410 e. The van der Waals surface area contributed by atoms with Crippen molar-refractivity contribution in [3.8, 4) is 0 Å². The van der Waals surface area contributed by atoms with E-state index in [1.807, 2.05) is 56.0 Å². The molecule has 2 fully saturated rings. The van der Waals surface area contributed by atoms with Crippen LogP contribution in [-0.4, -0.2) is 35.7 Å². The highest BCUT2D eigenvalue weighted by atomic mass is 19.1. The number of halogens is 1. The molecule has 6 heteroatoms. The molecule has 2 aliphatic rings. The van der Waals surface area contributed by atoms with Gasteiger partial charge in [-0.15, -0.1) is 0 Å². The second-order valence-electron chi connectivity index (χ2n) is 9.03. The van der Waals surface area contributed by atoms with Crippen LogP contribution in [0.4, 0.5) is 20.6 Å². The van der Waals surface area contributed by atoms with E-state index in [9.17, 15) is 9.18 Å². The van der Waals surface area contributed by atoms with Crippen LogP contribution in [0.25, 0.3) is 0 Å². The van der Waals surface area contributed by atoms with Gasteiger partial charge >= 0.3 is 6.09 Å². The summed E-state index contributed by atoms with van der Waals surface area (Å²) in [4.78, 5) is 16.8. The van der Waals surface area contributed by atoms with Crippen molar-refractivity contribution in [1.29, 1.82) is 0 Å². The summed E-state index contributed by atoms with van der Waals surface area (Å²) in [7, 11) is 0. The highest BCUT2D eigenvalue weighted by Gasteiger charge is 2.60. The predicted molar refractivity (Wildman–Crippen MR) is 112 cm³/mol. The minimum Gasteiger partial charge on any atom is -0.444 e. The van der Waals surface area contributed by atoms with Crippen molar-refractivity contribution in [2.24, 2.45) is 11.8 Å². The van der Waals surface area contributed by atoms with Crippen LogP contribution in [0.15, 0.2) is 48.5 Å². The van der Waals surface area contributed by atoms with E-state index >= 15 is 0 Å². The van der Waals surface area contributed by atoms with E-state index in [1.54, 1.807) is 12.1 Å². The van der Waals surface area contributed by atoms with Crippen molar-refractivity contribution in [2.75, 3.05) is 23.7 Å². The molecule has 0 radical (unpaired) electrons. The SMILES string of the molecule is CC(C)(C)OC(=O)N(Cc1ccccc1)[C@H]1[C@@H]2CN(c3ccc(N)cc3F)C[C@@H]21. The molecule has 1 saturated carbocycles. The lowest BCUT2D eigenvalue weighted by atomic mass is 10.2. The van der Waals surface area contributed by atoms with Gasteiger partial charge in [0.2, 0.25) is 0 Å². The Kier molecular flexibility index (Phi) is 4.89. The highest BCUT2D eigenvalue weighted by Crippen LogP contribution is 2.51. The molecule has 0 bridgehead atoms. The van der Waals surface area contributed by atoms with Crippen LogP contribution >= 0.6 is 0 Å². The van der Waals surface area contributed by atoms with E-state index < -0.39 is 5.60 Å². The van der Waals surface area contributed by atoms with Crippen LogP contribution in [-0.2, 0) is 11.3 Å². The molecule has 0 aromatic heterocycles. The van der Waals surface area contributed by atoms with Crippen molar-refractivity contribution in [2.45, 2.75) is 39.0 Å². The third kappa shape index (κ3) is 4.16. The maximum Gasteiger partial charge on any atom is 0.410 e. The van der Waals surface area contributed by atoms with Crippen molar-refractivity contribution >= 4 is 17.5 Å². The Morgan fingerprint density at radius 1 is 1.17 bits per heavy atom. The monoisotopic (exact) mass is 397 g/mol. The number of rotatable bonds is 4. The molecule has 2 aromatic rings. The summed E-state index contributed by atoms with van der Waals surface area (Å²) in [5.41, 5.74) is 7.20. The summed E-state index contributed by atoms with van der Waals surface area (Å²) < 4.78 is 20.0. The van der Waals surface area contributed by atoms with Gasteiger partial charge in [-0.1, -0.05) is 30.3 Å². The molecule has 2 N–H and O–H groups in total. The van der Waals surface area contributed by atoms with Crippen molar-refractivity contribution in [3.63, 3.8) is 0 Å². The number of benzene rings is 2. The second kappa shape index (κ2) is 7.25. The number of nitrogen functional groups attached to an aromatic ring is 1. The first kappa shape index (κ1) is 19.6. The van der Waals surface area contributed by atoms with Crippen molar-refractivity contribution < 1.29 is 13.9 Å². The summed E-state index contributed by atoms with van der Waals surface area (Å²) in [6.45, 7) is 7.61. The van der Waals surface area contributed by atoms with E-state index in [2.05, 4.69) is 4.90 Å². The Bertz CT molecular complexity index is 885. The van der Waals surface area contributed by atoms with E-state index in [0.29, 0.717) is 29.8 Å². The topological polar surface area (TPSA) is 58.8 Å². The molecule has 0 spiro atoms. The summed E-state index contributed by atoms with van der Waals surface area (Å²) in [5, 5.41) is 0. The van der Waals surface area contributed by atoms with Crippen molar-refractivity contribution in [1.82, 2.24) is 4.90 Å². The standard InChI is InChI=1S/C23H28FN3O2/c1-23(2,3)29-22(28)27(12-15-7-5-4-6-8-15)21-17-13-26(14-18(17)21)20-10-9-16(25)11-19(20)24/h4-11,17-18,21H,12-14,25H2,1-3H3/t17-,18+,21+. The largest absolute Gasteiger partial charge is 0.444 e. The molecule has 154 valence electrons. The first-order chi connectivity index (χ1) is 13.7. The van der Waals surface area contributed by atoms with E-state index in [1.165, 1.54) is 6.07 Å². The Balaban J connectivity index is 1.48. The molecule has 5 nitrogen and oxygen atoms in total. The fourth-order valence-electron chi connectivity index (χ4n) is 4.33. The van der Waals surface area contributed by atoms with Crippen molar-refractivity contribution in [3.05, 3.63) is 59.9 Å². The number of carbonyl (C=O) groups excluding carboxylic acids is 1. The number of hydrogen-bond donors (Lipinski definition) is 1. The molecule has 1 amide bonds. The van der Waals surface area contributed by atoms with Crippen LogP contribution in [0.3, 0.4) is 0 Å². The normalized spacial score (nSPS) is 22.9. The molecular weight excluding hydrogens is 369 g/mol. The zero-order chi connectivity index (χ0) is 20.8. The number of hydrogen-bond acceptors (Lipinski definition) is 4. The molecule has 0 unspecified atom stereocenters. The summed E-state index contributed by atoms with van der Waals surface area (Å²) in [6.07, 6.45) is -0.286. The molecule has 4 rings (SSSR count). The average Bonchev–Trinajstić information content (AvgIpc) is 3.11. The molecule has 3 atom stereocenters. The van der Waals surface area contributed by atoms with Gasteiger partial charge in [0.1, 0.15) is 11.4 Å². The number of nitrogens with two attached hydrogens (primary N) is 1. The molecule has 2 aromatic carbocycles. The number of nitrogens with zero attached hydrogens (tertiary/aromatic N) is 2. The highest BCUT2D eigenvalue weighted by molar-refractivity contribution is 5.70. The fourth-order valence-corrected chi connectivity index (χ4v) is 4.33. The summed E-state index contributed by atoms with van der Waals surface area (Å²) in [6, 6.07) is 14.9. The van der Waals surface area contributed by atoms with Gasteiger partial charge < -0.3 is 20.3 Å². The van der Waals surface area contributed by atoms with Gasteiger partial charge in [0.05, 0.1) is 5.69 Å². The molecular formula is C23H28FN3O2. The van der Waals surface area contributed by atoms with Gasteiger partial charge in [-0.05, 0) is 44.5 Å². The number of fused-ring (bicyclic) bond motifs is 1. The first-order valence-electron chi connectivity index (χ1n) is 10.1. The van der Waals surface area contributed by atoms with Gasteiger partial charge in [-0.3, -0.25) is 0 Å². The van der Waals surface area contributed by atoms with Gasteiger partial charge in [0.15, 0.2) is 0 Å². The minimum absolute atomic E-state index is 0.123. The van der Waals surface area contributed by atoms with Crippen LogP contribution in [0.2, 0.25) is 0 Å². The van der Waals surface area contributed by atoms with Gasteiger partial charge in [0, 0.05) is 43.2 Å². The van der Waals surface area contributed by atoms with Crippen LogP contribution in [0, 0.1) is 17.7 Å². The third-order valence-corrected chi connectivity index (χ3v) is 5.64. The predicted octanol–water partition coefficient (Wildman–Crippen LogP) is 4.28. The Hall–Kier alpha value is -2.76. The second-order valence-corrected chi connectivity index (χ2v) is 9.03. The number of ether oxygens (including phenoxy) is 1. The number of carbonyl (C=O) groups is 1. The lowest BCUT2D eigenvalue weighted by molar-refractivity contribution is 0.0195. The van der Waals surface area contributed by atoms with E-state index in [4.69, 9.17) is 10.5 Å². The van der Waals surface area contributed by atoms with Crippen LogP contribution in [0.1, 0.15) is 26.3 Å². The minimum atomic E-state index is -0.546. The summed E-state index contributed by atoms with van der Waals surface area (Å²) in [5.74, 6) is 0.350. The van der Waals surface area contributed by atoms with Gasteiger partial charge in [0.25, 0.3) is 0 Å². The molecule has 1 aliphatic heterocycles. The Labute approximate surface area is 171 Å². The maximum absolute atomic E-state index is 14.3. The molecule has 29 heavy (non-hydrogen) atoms. The van der Waals surface area contributed by atoms with E-state index in [0.717, 1.165) is 18.7 Å². The lowest BCUT2D eigenvalue weighted by Crippen LogP contribution is -2.41. The van der Waals surface area contributed by atoms with Crippen LogP contribution in [0.5, 0.6) is 0 Å². The fraction of sp³-hybridized carbons (Fsp3) is 0.435. The lowest BCUT2D eigenvalue weighted by Gasteiger charge is -2.31. The maximum atomic E-state index is 14.3. The molecule has 1 saturated heterocycles. The Morgan fingerprint density at radius 2 is 1.83 bits per heavy atom. The number of amides is 1. The zero-order valence-corrected chi connectivity index (χ0v) is 17.1.